The lowest BCUT2D eigenvalue weighted by Gasteiger charge is -2.27. The van der Waals surface area contributed by atoms with E-state index in [1.807, 2.05) is 61.5 Å². The number of hydrogen-bond donors (Lipinski definition) is 0. The average Bonchev–Trinajstić information content (AvgIpc) is 2.77. The van der Waals surface area contributed by atoms with Gasteiger partial charge < -0.3 is 14.2 Å². The molecule has 3 rings (SSSR count). The molecule has 0 atom stereocenters. The minimum absolute atomic E-state index is 0.122. The van der Waals surface area contributed by atoms with Crippen molar-refractivity contribution in [2.75, 3.05) is 4.90 Å². The van der Waals surface area contributed by atoms with Gasteiger partial charge in [0.05, 0.1) is 18.9 Å². The Bertz CT molecular complexity index is 1250. The van der Waals surface area contributed by atoms with Crippen LogP contribution >= 0.6 is 0 Å². The van der Waals surface area contributed by atoms with Crippen LogP contribution < -0.4 is 4.90 Å². The van der Waals surface area contributed by atoms with Gasteiger partial charge in [-0.05, 0) is 78.1 Å². The number of carbonyl (C=O) groups is 2. The van der Waals surface area contributed by atoms with Crippen molar-refractivity contribution in [3.8, 4) is 11.3 Å². The number of benzene rings is 2. The predicted octanol–water partition coefficient (Wildman–Crippen LogP) is 7.15. The highest BCUT2D eigenvalue weighted by molar-refractivity contribution is 6.08. The van der Waals surface area contributed by atoms with E-state index in [0.29, 0.717) is 24.6 Å². The molecule has 8 nitrogen and oxygen atoms in total. The molecule has 0 radical (unpaired) electrons. The molecule has 3 aromatic rings. The maximum absolute atomic E-state index is 13.2. The fraction of sp³-hybridized carbons (Fsp3) is 0.400. The molecule has 0 aliphatic rings. The van der Waals surface area contributed by atoms with Crippen LogP contribution in [-0.4, -0.2) is 33.4 Å². The first-order valence-corrected chi connectivity index (χ1v) is 12.6. The van der Waals surface area contributed by atoms with Crippen molar-refractivity contribution in [2.24, 2.45) is 0 Å². The van der Waals surface area contributed by atoms with Crippen LogP contribution in [0.4, 0.5) is 15.5 Å². The van der Waals surface area contributed by atoms with E-state index >= 15 is 0 Å². The molecular weight excluding hydrogens is 482 g/mol. The minimum Gasteiger partial charge on any atom is -0.443 e. The SMILES string of the molecule is Cc1cc(-c2c(C)cccc2COCc2ccccc2)nc(N(C(=O)OC(C)(C)C)C(=O)OC(C)(C)C)n1. The Hall–Kier alpha value is -3.78. The first-order chi connectivity index (χ1) is 17.7. The number of nitrogens with zero attached hydrogens (tertiary/aromatic N) is 3. The van der Waals surface area contributed by atoms with Crippen molar-refractivity contribution in [3.05, 3.63) is 77.0 Å². The number of aromatic nitrogens is 2. The van der Waals surface area contributed by atoms with Gasteiger partial charge in [0.15, 0.2) is 0 Å². The molecule has 1 aromatic heterocycles. The van der Waals surface area contributed by atoms with Gasteiger partial charge >= 0.3 is 12.2 Å². The average molecular weight is 520 g/mol. The molecule has 0 fully saturated rings. The number of aryl methyl sites for hydroxylation is 2. The van der Waals surface area contributed by atoms with Gasteiger partial charge in [-0.3, -0.25) is 0 Å². The number of carbonyl (C=O) groups excluding carboxylic acids is 2. The van der Waals surface area contributed by atoms with Gasteiger partial charge in [0.2, 0.25) is 5.95 Å². The van der Waals surface area contributed by atoms with Gasteiger partial charge in [-0.25, -0.2) is 19.6 Å². The summed E-state index contributed by atoms with van der Waals surface area (Å²) >= 11 is 0. The molecule has 38 heavy (non-hydrogen) atoms. The second kappa shape index (κ2) is 11.7. The lowest BCUT2D eigenvalue weighted by atomic mass is 9.99. The Labute approximate surface area is 225 Å². The van der Waals surface area contributed by atoms with Gasteiger partial charge in [-0.2, -0.15) is 0 Å². The third-order valence-corrected chi connectivity index (χ3v) is 5.18. The van der Waals surface area contributed by atoms with E-state index in [9.17, 15) is 9.59 Å². The van der Waals surface area contributed by atoms with E-state index in [4.69, 9.17) is 14.2 Å². The summed E-state index contributed by atoms with van der Waals surface area (Å²) in [5, 5.41) is 0. The molecule has 2 aromatic carbocycles. The smallest absolute Gasteiger partial charge is 0.427 e. The number of hydrogen-bond acceptors (Lipinski definition) is 7. The summed E-state index contributed by atoms with van der Waals surface area (Å²) in [6, 6.07) is 17.7. The molecule has 202 valence electrons. The number of rotatable bonds is 6. The number of imide groups is 1. The van der Waals surface area contributed by atoms with Crippen LogP contribution in [0.1, 0.15) is 63.9 Å². The minimum atomic E-state index is -0.917. The molecule has 0 N–H and O–H groups in total. The maximum Gasteiger partial charge on any atom is 0.427 e. The van der Waals surface area contributed by atoms with E-state index in [2.05, 4.69) is 9.97 Å². The molecule has 1 heterocycles. The van der Waals surface area contributed by atoms with Crippen LogP contribution in [0.3, 0.4) is 0 Å². The van der Waals surface area contributed by atoms with Gasteiger partial charge in [-0.15, -0.1) is 4.90 Å². The van der Waals surface area contributed by atoms with E-state index in [1.54, 1.807) is 48.5 Å². The standard InChI is InChI=1S/C30H37N3O5/c1-20-13-12-16-23(19-36-18-22-14-10-9-11-15-22)25(20)24-17-21(2)31-26(32-24)33(27(34)37-29(3,4)5)28(35)38-30(6,7)8/h9-17H,18-19H2,1-8H3. The van der Waals surface area contributed by atoms with Crippen LogP contribution in [0.25, 0.3) is 11.3 Å². The van der Waals surface area contributed by atoms with Crippen molar-refractivity contribution in [2.45, 2.75) is 79.8 Å². The van der Waals surface area contributed by atoms with Gasteiger partial charge in [0.25, 0.3) is 0 Å². The summed E-state index contributed by atoms with van der Waals surface area (Å²) in [5.74, 6) is -0.122. The zero-order valence-electron chi connectivity index (χ0n) is 23.5. The van der Waals surface area contributed by atoms with E-state index in [-0.39, 0.29) is 5.95 Å². The molecule has 0 aliphatic heterocycles. The summed E-state index contributed by atoms with van der Waals surface area (Å²) in [6.07, 6.45) is -1.83. The summed E-state index contributed by atoms with van der Waals surface area (Å²) in [6.45, 7) is 14.9. The highest BCUT2D eigenvalue weighted by Gasteiger charge is 2.35. The van der Waals surface area contributed by atoms with Crippen molar-refractivity contribution >= 4 is 18.1 Å². The molecule has 0 unspecified atom stereocenters. The lowest BCUT2D eigenvalue weighted by Crippen LogP contribution is -2.44. The van der Waals surface area contributed by atoms with Crippen LogP contribution in [0.2, 0.25) is 0 Å². The zero-order chi connectivity index (χ0) is 28.1. The van der Waals surface area contributed by atoms with Gasteiger partial charge in [0, 0.05) is 11.3 Å². The molecule has 0 saturated carbocycles. The highest BCUT2D eigenvalue weighted by Crippen LogP contribution is 2.30. The van der Waals surface area contributed by atoms with E-state index in [0.717, 1.165) is 27.2 Å². The third-order valence-electron chi connectivity index (χ3n) is 5.18. The summed E-state index contributed by atoms with van der Waals surface area (Å²) < 4.78 is 17.0. The molecule has 8 heteroatoms. The van der Waals surface area contributed by atoms with Crippen LogP contribution in [-0.2, 0) is 27.4 Å². The third kappa shape index (κ3) is 8.11. The topological polar surface area (TPSA) is 90.8 Å². The van der Waals surface area contributed by atoms with E-state index < -0.39 is 23.4 Å². The van der Waals surface area contributed by atoms with Crippen molar-refractivity contribution in [1.82, 2.24) is 9.97 Å². The highest BCUT2D eigenvalue weighted by atomic mass is 16.6. The van der Waals surface area contributed by atoms with Crippen LogP contribution in [0, 0.1) is 13.8 Å². The predicted molar refractivity (Wildman–Crippen MR) is 147 cm³/mol. The second-order valence-electron chi connectivity index (χ2n) is 11.1. The summed E-state index contributed by atoms with van der Waals surface area (Å²) in [7, 11) is 0. The monoisotopic (exact) mass is 519 g/mol. The van der Waals surface area contributed by atoms with Crippen molar-refractivity contribution in [1.29, 1.82) is 0 Å². The fourth-order valence-corrected chi connectivity index (χ4v) is 3.70. The number of amides is 2. The van der Waals surface area contributed by atoms with Gasteiger partial charge in [-0.1, -0.05) is 48.5 Å². The molecular formula is C30H37N3O5. The summed E-state index contributed by atoms with van der Waals surface area (Å²) in [5.41, 5.74) is 3.25. The Kier molecular flexibility index (Phi) is 8.89. The quantitative estimate of drug-likeness (QED) is 0.341. The Morgan fingerprint density at radius 3 is 1.97 bits per heavy atom. The number of ether oxygens (including phenoxy) is 3. The lowest BCUT2D eigenvalue weighted by molar-refractivity contribution is 0.0427. The van der Waals surface area contributed by atoms with Crippen molar-refractivity contribution < 1.29 is 23.8 Å². The Morgan fingerprint density at radius 1 is 0.789 bits per heavy atom. The summed E-state index contributed by atoms with van der Waals surface area (Å²) in [4.78, 5) is 36.1. The van der Waals surface area contributed by atoms with Crippen LogP contribution in [0.5, 0.6) is 0 Å². The molecule has 0 aliphatic carbocycles. The molecule has 0 saturated heterocycles. The van der Waals surface area contributed by atoms with E-state index in [1.165, 1.54) is 0 Å². The maximum atomic E-state index is 13.2. The largest absolute Gasteiger partial charge is 0.443 e. The second-order valence-corrected chi connectivity index (χ2v) is 11.1. The number of anilines is 1. The first kappa shape index (κ1) is 28.8. The molecule has 0 spiro atoms. The Morgan fingerprint density at radius 2 is 1.39 bits per heavy atom. The zero-order valence-corrected chi connectivity index (χ0v) is 23.5. The van der Waals surface area contributed by atoms with Gasteiger partial charge in [0.1, 0.15) is 11.2 Å². The molecule has 2 amide bonds. The van der Waals surface area contributed by atoms with Crippen molar-refractivity contribution in [3.63, 3.8) is 0 Å². The Balaban J connectivity index is 2.01. The fourth-order valence-electron chi connectivity index (χ4n) is 3.70. The normalized spacial score (nSPS) is 11.7. The van der Waals surface area contributed by atoms with Crippen LogP contribution in [0.15, 0.2) is 54.6 Å². The first-order valence-electron chi connectivity index (χ1n) is 12.6. The molecule has 0 bridgehead atoms.